The Balaban J connectivity index is 1.69. The number of primary amides is 1. The molecule has 1 saturated carbocycles. The second-order valence-corrected chi connectivity index (χ2v) is 6.55. The fourth-order valence-corrected chi connectivity index (χ4v) is 3.45. The molecule has 0 bridgehead atoms. The van der Waals surface area contributed by atoms with Crippen LogP contribution < -0.4 is 5.73 Å². The molecule has 1 heterocycles. The van der Waals surface area contributed by atoms with E-state index < -0.39 is 0 Å². The third kappa shape index (κ3) is 2.67. The number of piperidine rings is 1. The van der Waals surface area contributed by atoms with Crippen molar-refractivity contribution in [2.45, 2.75) is 45.2 Å². The van der Waals surface area contributed by atoms with E-state index in [4.69, 9.17) is 5.73 Å². The molecule has 2 N–H and O–H groups in total. The summed E-state index contributed by atoms with van der Waals surface area (Å²) in [6.07, 6.45) is 2.49. The summed E-state index contributed by atoms with van der Waals surface area (Å²) in [7, 11) is 0. The number of hydrogen-bond acceptors (Lipinski definition) is 2. The van der Waals surface area contributed by atoms with E-state index in [1.807, 2.05) is 13.8 Å². The summed E-state index contributed by atoms with van der Waals surface area (Å²) in [6.45, 7) is 3.99. The number of likely N-dealkylation sites (tertiary alicyclic amines) is 1. The van der Waals surface area contributed by atoms with Gasteiger partial charge in [0.15, 0.2) is 0 Å². The molecular weight excluding hydrogens is 264 g/mol. The Kier molecular flexibility index (Phi) is 3.47. The number of hydrogen-bond donors (Lipinski definition) is 1. The van der Waals surface area contributed by atoms with Crippen molar-refractivity contribution in [2.75, 3.05) is 0 Å². The zero-order valence-electron chi connectivity index (χ0n) is 12.6. The van der Waals surface area contributed by atoms with Gasteiger partial charge in [-0.1, -0.05) is 36.8 Å². The maximum absolute atomic E-state index is 12.7. The summed E-state index contributed by atoms with van der Waals surface area (Å²) in [6, 6.07) is 8.12. The van der Waals surface area contributed by atoms with Crippen molar-refractivity contribution >= 4 is 11.8 Å². The van der Waals surface area contributed by atoms with Gasteiger partial charge in [-0.3, -0.25) is 9.59 Å². The monoisotopic (exact) mass is 286 g/mol. The lowest BCUT2D eigenvalue weighted by molar-refractivity contribution is -0.141. The molecule has 2 unspecified atom stereocenters. The summed E-state index contributed by atoms with van der Waals surface area (Å²) >= 11 is 0. The van der Waals surface area contributed by atoms with E-state index in [1.54, 1.807) is 4.90 Å². The van der Waals surface area contributed by atoms with Crippen LogP contribution >= 0.6 is 0 Å². The minimum Gasteiger partial charge on any atom is -0.368 e. The lowest BCUT2D eigenvalue weighted by atomic mass is 9.98. The van der Waals surface area contributed by atoms with Gasteiger partial charge < -0.3 is 10.6 Å². The molecule has 21 heavy (non-hydrogen) atoms. The van der Waals surface area contributed by atoms with Crippen molar-refractivity contribution in [3.63, 3.8) is 0 Å². The second kappa shape index (κ2) is 5.17. The van der Waals surface area contributed by atoms with Crippen LogP contribution in [0.25, 0.3) is 0 Å². The Hall–Kier alpha value is -1.84. The second-order valence-electron chi connectivity index (χ2n) is 6.55. The van der Waals surface area contributed by atoms with Gasteiger partial charge in [0.2, 0.25) is 11.8 Å². The van der Waals surface area contributed by atoms with Gasteiger partial charge in [-0.2, -0.15) is 0 Å². The molecule has 4 atom stereocenters. The first-order valence-electron chi connectivity index (χ1n) is 7.64. The van der Waals surface area contributed by atoms with Crippen LogP contribution in [0.2, 0.25) is 0 Å². The Morgan fingerprint density at radius 3 is 2.57 bits per heavy atom. The van der Waals surface area contributed by atoms with Gasteiger partial charge in [-0.15, -0.1) is 0 Å². The number of nitrogens with zero attached hydrogens (tertiary/aromatic N) is 1. The van der Waals surface area contributed by atoms with Crippen molar-refractivity contribution < 1.29 is 9.59 Å². The SMILES string of the molecule is Cc1ccc(CC(C)C(=O)N2C3C[C@H]3C[C@H]2C(N)=O)cc1. The smallest absolute Gasteiger partial charge is 0.240 e. The molecule has 1 aliphatic heterocycles. The summed E-state index contributed by atoms with van der Waals surface area (Å²) in [5, 5.41) is 0. The van der Waals surface area contributed by atoms with Crippen molar-refractivity contribution in [1.29, 1.82) is 0 Å². The Morgan fingerprint density at radius 1 is 1.29 bits per heavy atom. The number of fused-ring (bicyclic) bond motifs is 1. The standard InChI is InChI=1S/C17H22N2O2/c1-10-3-5-12(6-4-10)7-11(2)17(21)19-14-8-13(14)9-15(19)16(18)20/h3-6,11,13-15H,7-9H2,1-2H3,(H2,18,20)/t11?,13-,14?,15-/m0/s1. The maximum Gasteiger partial charge on any atom is 0.240 e. The van der Waals surface area contributed by atoms with Gasteiger partial charge in [0.25, 0.3) is 0 Å². The van der Waals surface area contributed by atoms with Gasteiger partial charge in [0.05, 0.1) is 0 Å². The molecule has 2 amide bonds. The molecular formula is C17H22N2O2. The van der Waals surface area contributed by atoms with E-state index >= 15 is 0 Å². The van der Waals surface area contributed by atoms with E-state index in [0.29, 0.717) is 12.3 Å². The van der Waals surface area contributed by atoms with Gasteiger partial charge in [0, 0.05) is 12.0 Å². The highest BCUT2D eigenvalue weighted by Gasteiger charge is 2.55. The molecule has 112 valence electrons. The highest BCUT2D eigenvalue weighted by atomic mass is 16.2. The van der Waals surface area contributed by atoms with E-state index in [2.05, 4.69) is 24.3 Å². The van der Waals surface area contributed by atoms with Gasteiger partial charge >= 0.3 is 0 Å². The minimum absolute atomic E-state index is 0.0735. The third-order valence-corrected chi connectivity index (χ3v) is 4.77. The van der Waals surface area contributed by atoms with Crippen LogP contribution in [-0.2, 0) is 16.0 Å². The summed E-state index contributed by atoms with van der Waals surface area (Å²) in [5.74, 6) is 0.0920. The molecule has 2 fully saturated rings. The predicted molar refractivity (Wildman–Crippen MR) is 80.4 cm³/mol. The Morgan fingerprint density at radius 2 is 1.95 bits per heavy atom. The number of carbonyl (C=O) groups is 2. The largest absolute Gasteiger partial charge is 0.368 e. The van der Waals surface area contributed by atoms with E-state index in [1.165, 1.54) is 5.56 Å². The summed E-state index contributed by atoms with van der Waals surface area (Å²) in [5.41, 5.74) is 7.82. The first-order chi connectivity index (χ1) is 9.97. The molecule has 1 aliphatic carbocycles. The van der Waals surface area contributed by atoms with Crippen LogP contribution in [0.4, 0.5) is 0 Å². The molecule has 1 aromatic rings. The van der Waals surface area contributed by atoms with Crippen LogP contribution in [0.1, 0.15) is 30.9 Å². The van der Waals surface area contributed by atoms with Crippen LogP contribution in [0.15, 0.2) is 24.3 Å². The number of amides is 2. The number of nitrogens with two attached hydrogens (primary N) is 1. The maximum atomic E-state index is 12.7. The van der Waals surface area contributed by atoms with Crippen molar-refractivity contribution in [1.82, 2.24) is 4.90 Å². The van der Waals surface area contributed by atoms with Crippen molar-refractivity contribution in [2.24, 2.45) is 17.6 Å². The molecule has 0 aromatic heterocycles. The van der Waals surface area contributed by atoms with Gasteiger partial charge in [-0.25, -0.2) is 0 Å². The van der Waals surface area contributed by atoms with Crippen LogP contribution in [-0.4, -0.2) is 28.8 Å². The highest BCUT2D eigenvalue weighted by molar-refractivity contribution is 5.89. The zero-order valence-corrected chi connectivity index (χ0v) is 12.6. The number of carbonyl (C=O) groups excluding carboxylic acids is 2. The molecule has 3 rings (SSSR count). The number of benzene rings is 1. The lowest BCUT2D eigenvalue weighted by Gasteiger charge is -2.28. The molecule has 4 heteroatoms. The molecule has 2 aliphatic rings. The predicted octanol–water partition coefficient (Wildman–Crippen LogP) is 1.65. The average Bonchev–Trinajstić information content (AvgIpc) is 3.11. The molecule has 1 aromatic carbocycles. The Bertz CT molecular complexity index is 567. The third-order valence-electron chi connectivity index (χ3n) is 4.77. The number of rotatable bonds is 4. The van der Waals surface area contributed by atoms with E-state index in [-0.39, 0.29) is 29.8 Å². The van der Waals surface area contributed by atoms with E-state index in [0.717, 1.165) is 18.4 Å². The molecule has 0 radical (unpaired) electrons. The number of aryl methyl sites for hydroxylation is 1. The first-order valence-corrected chi connectivity index (χ1v) is 7.64. The lowest BCUT2D eigenvalue weighted by Crippen LogP contribution is -2.48. The van der Waals surface area contributed by atoms with Crippen LogP contribution in [0.5, 0.6) is 0 Å². The van der Waals surface area contributed by atoms with Crippen LogP contribution in [0, 0.1) is 18.8 Å². The van der Waals surface area contributed by atoms with Crippen molar-refractivity contribution in [3.05, 3.63) is 35.4 Å². The quantitative estimate of drug-likeness (QED) is 0.914. The molecule has 1 saturated heterocycles. The van der Waals surface area contributed by atoms with Gasteiger partial charge in [0.1, 0.15) is 6.04 Å². The zero-order chi connectivity index (χ0) is 15.1. The van der Waals surface area contributed by atoms with Crippen molar-refractivity contribution in [3.8, 4) is 0 Å². The minimum atomic E-state index is -0.387. The Labute approximate surface area is 125 Å². The summed E-state index contributed by atoms with van der Waals surface area (Å²) < 4.78 is 0. The first kappa shape index (κ1) is 14.1. The fourth-order valence-electron chi connectivity index (χ4n) is 3.45. The normalized spacial score (nSPS) is 28.1. The molecule has 4 nitrogen and oxygen atoms in total. The average molecular weight is 286 g/mol. The highest BCUT2D eigenvalue weighted by Crippen LogP contribution is 2.48. The van der Waals surface area contributed by atoms with E-state index in [9.17, 15) is 9.59 Å². The summed E-state index contributed by atoms with van der Waals surface area (Å²) in [4.78, 5) is 26.0. The topological polar surface area (TPSA) is 63.4 Å². The molecule has 0 spiro atoms. The van der Waals surface area contributed by atoms with Gasteiger partial charge in [-0.05, 0) is 37.7 Å². The fraction of sp³-hybridized carbons (Fsp3) is 0.529. The van der Waals surface area contributed by atoms with Crippen LogP contribution in [0.3, 0.4) is 0 Å².